The minimum Gasteiger partial charge on any atom is -0.508 e. The summed E-state index contributed by atoms with van der Waals surface area (Å²) in [7, 11) is 0. The fourth-order valence-electron chi connectivity index (χ4n) is 3.29. The number of carbonyl (C=O) groups is 1. The minimum absolute atomic E-state index is 0.0557. The van der Waals surface area contributed by atoms with E-state index in [1.54, 1.807) is 24.3 Å². The zero-order chi connectivity index (χ0) is 21.1. The van der Waals surface area contributed by atoms with E-state index in [2.05, 4.69) is 20.3 Å². The summed E-state index contributed by atoms with van der Waals surface area (Å²) >= 11 is 0. The lowest BCUT2D eigenvalue weighted by atomic mass is 10.1. The molecule has 1 saturated heterocycles. The predicted octanol–water partition coefficient (Wildman–Crippen LogP) is 1.34. The van der Waals surface area contributed by atoms with Crippen molar-refractivity contribution in [2.45, 2.75) is 0 Å². The molecule has 10 heteroatoms. The summed E-state index contributed by atoms with van der Waals surface area (Å²) in [5, 5.41) is 31.7. The van der Waals surface area contributed by atoms with Gasteiger partial charge in [0.15, 0.2) is 5.69 Å². The van der Waals surface area contributed by atoms with Crippen molar-refractivity contribution in [1.82, 2.24) is 15.0 Å². The van der Waals surface area contributed by atoms with E-state index in [1.165, 1.54) is 6.07 Å². The van der Waals surface area contributed by atoms with Crippen LogP contribution in [0.1, 0.15) is 10.5 Å². The maximum atomic E-state index is 11.6. The molecule has 3 heterocycles. The second-order valence-electron chi connectivity index (χ2n) is 6.73. The number of pyridine rings is 1. The highest BCUT2D eigenvalue weighted by molar-refractivity contribution is 6.00. The van der Waals surface area contributed by atoms with Gasteiger partial charge in [0.25, 0.3) is 0 Å². The van der Waals surface area contributed by atoms with Gasteiger partial charge in [-0.3, -0.25) is 0 Å². The van der Waals surface area contributed by atoms with E-state index in [9.17, 15) is 20.1 Å². The summed E-state index contributed by atoms with van der Waals surface area (Å²) in [6, 6.07) is 7.92. The van der Waals surface area contributed by atoms with Crippen LogP contribution in [0.2, 0.25) is 0 Å². The van der Waals surface area contributed by atoms with E-state index in [0.29, 0.717) is 54.7 Å². The quantitative estimate of drug-likeness (QED) is 0.469. The van der Waals surface area contributed by atoms with E-state index in [1.807, 2.05) is 4.90 Å². The standard InChI is InChI=1S/C20H21N5O5/c26-7-4-21-14-11-15(19(28)29)22-18-16(12-2-1-3-13(27)10-12)23-20(24-17(14)18)25-5-8-30-9-6-25/h1-3,10-11,26-27H,4-9H2,(H,21,22)(H,28,29). The Kier molecular flexibility index (Phi) is 5.59. The Morgan fingerprint density at radius 3 is 2.63 bits per heavy atom. The SMILES string of the molecule is O=C(O)c1cc(NCCO)c2nc(N3CCOCC3)nc(-c3cccc(O)c3)c2n1. The smallest absolute Gasteiger partial charge is 0.354 e. The van der Waals surface area contributed by atoms with Crippen LogP contribution in [0, 0.1) is 0 Å². The first kappa shape index (κ1) is 19.8. The Labute approximate surface area is 171 Å². The van der Waals surface area contributed by atoms with Crippen molar-refractivity contribution in [3.63, 3.8) is 0 Å². The van der Waals surface area contributed by atoms with Gasteiger partial charge < -0.3 is 30.3 Å². The molecule has 0 atom stereocenters. The highest BCUT2D eigenvalue weighted by Crippen LogP contribution is 2.33. The third-order valence-electron chi connectivity index (χ3n) is 4.70. The summed E-state index contributed by atoms with van der Waals surface area (Å²) in [5.74, 6) is -0.677. The summed E-state index contributed by atoms with van der Waals surface area (Å²) in [6.07, 6.45) is 0. The second kappa shape index (κ2) is 8.47. The number of carboxylic acid groups (broad SMARTS) is 1. The monoisotopic (exact) mass is 411 g/mol. The average Bonchev–Trinajstić information content (AvgIpc) is 2.77. The predicted molar refractivity (Wildman–Crippen MR) is 110 cm³/mol. The molecular formula is C20H21N5O5. The summed E-state index contributed by atoms with van der Waals surface area (Å²) in [5.41, 5.74) is 1.98. The third-order valence-corrected chi connectivity index (χ3v) is 4.70. The number of phenols is 1. The molecule has 0 aliphatic carbocycles. The Balaban J connectivity index is 1.99. The highest BCUT2D eigenvalue weighted by atomic mass is 16.5. The molecule has 156 valence electrons. The van der Waals surface area contributed by atoms with Crippen molar-refractivity contribution in [1.29, 1.82) is 0 Å². The minimum atomic E-state index is -1.19. The van der Waals surface area contributed by atoms with Crippen LogP contribution in [0.15, 0.2) is 30.3 Å². The largest absolute Gasteiger partial charge is 0.508 e. The van der Waals surface area contributed by atoms with Crippen LogP contribution in [0.4, 0.5) is 11.6 Å². The second-order valence-corrected chi connectivity index (χ2v) is 6.73. The highest BCUT2D eigenvalue weighted by Gasteiger charge is 2.22. The number of hydrogen-bond donors (Lipinski definition) is 4. The molecule has 0 bridgehead atoms. The molecule has 3 aromatic rings. The van der Waals surface area contributed by atoms with Gasteiger partial charge in [0, 0.05) is 25.2 Å². The number of carboxylic acids is 1. The number of aromatic carboxylic acids is 1. The normalized spacial score (nSPS) is 14.1. The van der Waals surface area contributed by atoms with E-state index < -0.39 is 5.97 Å². The fourth-order valence-corrected chi connectivity index (χ4v) is 3.29. The Bertz CT molecular complexity index is 1080. The van der Waals surface area contributed by atoms with Crippen LogP contribution >= 0.6 is 0 Å². The number of aromatic nitrogens is 3. The van der Waals surface area contributed by atoms with Crippen molar-refractivity contribution < 1.29 is 24.9 Å². The van der Waals surface area contributed by atoms with E-state index in [-0.39, 0.29) is 30.1 Å². The number of ether oxygens (including phenoxy) is 1. The Morgan fingerprint density at radius 2 is 1.93 bits per heavy atom. The third kappa shape index (κ3) is 3.95. The lowest BCUT2D eigenvalue weighted by molar-refractivity contribution is 0.0691. The molecule has 1 aliphatic rings. The van der Waals surface area contributed by atoms with E-state index in [4.69, 9.17) is 4.74 Å². The molecule has 0 spiro atoms. The van der Waals surface area contributed by atoms with Crippen LogP contribution < -0.4 is 10.2 Å². The molecule has 1 aromatic carbocycles. The zero-order valence-corrected chi connectivity index (χ0v) is 16.1. The van der Waals surface area contributed by atoms with Gasteiger partial charge >= 0.3 is 5.97 Å². The number of aliphatic hydroxyl groups is 1. The Hall–Kier alpha value is -3.50. The van der Waals surface area contributed by atoms with Gasteiger partial charge in [-0.2, -0.15) is 0 Å². The molecule has 0 amide bonds. The van der Waals surface area contributed by atoms with E-state index >= 15 is 0 Å². The molecular weight excluding hydrogens is 390 g/mol. The fraction of sp³-hybridized carbons (Fsp3) is 0.300. The van der Waals surface area contributed by atoms with Crippen LogP contribution in [-0.4, -0.2) is 75.7 Å². The van der Waals surface area contributed by atoms with Crippen molar-refractivity contribution in [3.05, 3.63) is 36.0 Å². The van der Waals surface area contributed by atoms with Gasteiger partial charge in [0.05, 0.1) is 25.5 Å². The van der Waals surface area contributed by atoms with Crippen molar-refractivity contribution in [2.75, 3.05) is 49.7 Å². The van der Waals surface area contributed by atoms with E-state index in [0.717, 1.165) is 0 Å². The first-order valence-electron chi connectivity index (χ1n) is 9.49. The van der Waals surface area contributed by atoms with Crippen molar-refractivity contribution >= 4 is 28.6 Å². The molecule has 2 aromatic heterocycles. The lowest BCUT2D eigenvalue weighted by Gasteiger charge is -2.27. The number of anilines is 2. The first-order chi connectivity index (χ1) is 14.6. The molecule has 0 unspecified atom stereocenters. The number of rotatable bonds is 6. The summed E-state index contributed by atoms with van der Waals surface area (Å²) in [4.78, 5) is 27.2. The van der Waals surface area contributed by atoms with Gasteiger partial charge in [0.1, 0.15) is 22.5 Å². The molecule has 1 aliphatic heterocycles. The van der Waals surface area contributed by atoms with Gasteiger partial charge in [-0.25, -0.2) is 19.7 Å². The number of benzene rings is 1. The van der Waals surface area contributed by atoms with Crippen LogP contribution in [0.3, 0.4) is 0 Å². The molecule has 0 radical (unpaired) electrons. The van der Waals surface area contributed by atoms with Gasteiger partial charge in [-0.15, -0.1) is 0 Å². The number of aromatic hydroxyl groups is 1. The molecule has 30 heavy (non-hydrogen) atoms. The number of aliphatic hydroxyl groups excluding tert-OH is 1. The van der Waals surface area contributed by atoms with Crippen molar-refractivity contribution in [3.8, 4) is 17.0 Å². The number of nitrogens with zero attached hydrogens (tertiary/aromatic N) is 4. The summed E-state index contributed by atoms with van der Waals surface area (Å²) in [6.45, 7) is 2.42. The number of hydrogen-bond acceptors (Lipinski definition) is 9. The van der Waals surface area contributed by atoms with Crippen molar-refractivity contribution in [2.24, 2.45) is 0 Å². The Morgan fingerprint density at radius 1 is 1.13 bits per heavy atom. The topological polar surface area (TPSA) is 141 Å². The lowest BCUT2D eigenvalue weighted by Crippen LogP contribution is -2.37. The van der Waals surface area contributed by atoms with Gasteiger partial charge in [-0.1, -0.05) is 12.1 Å². The molecule has 0 saturated carbocycles. The first-order valence-corrected chi connectivity index (χ1v) is 9.49. The number of nitrogens with one attached hydrogen (secondary N) is 1. The molecule has 4 rings (SSSR count). The van der Waals surface area contributed by atoms with Crippen LogP contribution in [0.5, 0.6) is 5.75 Å². The number of fused-ring (bicyclic) bond motifs is 1. The average molecular weight is 411 g/mol. The maximum Gasteiger partial charge on any atom is 0.354 e. The summed E-state index contributed by atoms with van der Waals surface area (Å²) < 4.78 is 5.41. The van der Waals surface area contributed by atoms with Gasteiger partial charge in [0.2, 0.25) is 5.95 Å². The molecule has 4 N–H and O–H groups in total. The molecule has 1 fully saturated rings. The maximum absolute atomic E-state index is 11.6. The number of phenolic OH excluding ortho intramolecular Hbond substituents is 1. The van der Waals surface area contributed by atoms with Crippen LogP contribution in [0.25, 0.3) is 22.3 Å². The van der Waals surface area contributed by atoms with Crippen LogP contribution in [-0.2, 0) is 4.74 Å². The zero-order valence-electron chi connectivity index (χ0n) is 16.1. The number of morpholine rings is 1. The molecule has 10 nitrogen and oxygen atoms in total. The van der Waals surface area contributed by atoms with Gasteiger partial charge in [-0.05, 0) is 18.2 Å².